The first-order chi connectivity index (χ1) is 14.4. The number of benzene rings is 2. The molecule has 0 radical (unpaired) electrons. The zero-order valence-electron chi connectivity index (χ0n) is 16.9. The molecule has 156 valence electrons. The quantitative estimate of drug-likeness (QED) is 0.661. The molecule has 2 heterocycles. The van der Waals surface area contributed by atoms with Crippen molar-refractivity contribution in [1.82, 2.24) is 19.9 Å². The van der Waals surface area contributed by atoms with Gasteiger partial charge >= 0.3 is 0 Å². The molecule has 0 spiro atoms. The summed E-state index contributed by atoms with van der Waals surface area (Å²) >= 11 is 0. The van der Waals surface area contributed by atoms with Gasteiger partial charge in [-0.25, -0.2) is 13.5 Å². The number of aryl methyl sites for hydroxylation is 1. The fourth-order valence-electron chi connectivity index (χ4n) is 3.86. The molecule has 30 heavy (non-hydrogen) atoms. The molecule has 0 unspecified atom stereocenters. The SMILES string of the molecule is Cc1ccccc1N1CCN(C(=O)c2cn(Cc3c(F)cccc3F)nn2)[C@H](C)C1. The lowest BCUT2D eigenvalue weighted by Crippen LogP contribution is -2.54. The van der Waals surface area contributed by atoms with E-state index in [-0.39, 0.29) is 29.8 Å². The summed E-state index contributed by atoms with van der Waals surface area (Å²) < 4.78 is 29.0. The van der Waals surface area contributed by atoms with Crippen LogP contribution in [0.2, 0.25) is 0 Å². The molecule has 8 heteroatoms. The predicted molar refractivity (Wildman–Crippen MR) is 109 cm³/mol. The zero-order chi connectivity index (χ0) is 21.3. The molecular weight excluding hydrogens is 388 g/mol. The monoisotopic (exact) mass is 411 g/mol. The Morgan fingerprint density at radius 2 is 1.83 bits per heavy atom. The van der Waals surface area contributed by atoms with E-state index in [9.17, 15) is 13.6 Å². The second kappa shape index (κ2) is 8.22. The molecule has 4 rings (SSSR count). The third kappa shape index (κ3) is 3.90. The number of halogens is 2. The summed E-state index contributed by atoms with van der Waals surface area (Å²) in [6.07, 6.45) is 1.44. The molecule has 1 aliphatic rings. The molecule has 0 N–H and O–H groups in total. The van der Waals surface area contributed by atoms with Gasteiger partial charge in [-0.2, -0.15) is 0 Å². The molecule has 3 aromatic rings. The summed E-state index contributed by atoms with van der Waals surface area (Å²) in [6.45, 7) is 5.94. The molecule has 2 aromatic carbocycles. The van der Waals surface area contributed by atoms with Gasteiger partial charge in [-0.15, -0.1) is 5.10 Å². The van der Waals surface area contributed by atoms with Crippen molar-refractivity contribution >= 4 is 11.6 Å². The molecule has 0 saturated carbocycles. The number of amides is 1. The van der Waals surface area contributed by atoms with Gasteiger partial charge in [0.1, 0.15) is 11.6 Å². The standard InChI is InChI=1S/C22H23F2N5O/c1-15-6-3-4-9-21(15)27-10-11-29(16(2)12-27)22(30)20-14-28(26-25-20)13-17-18(23)7-5-8-19(17)24/h3-9,14,16H,10-13H2,1-2H3/t16-/m1/s1. The number of nitrogens with zero attached hydrogens (tertiary/aromatic N) is 5. The van der Waals surface area contributed by atoms with Gasteiger partial charge in [0.15, 0.2) is 5.69 Å². The molecule has 0 bridgehead atoms. The van der Waals surface area contributed by atoms with Gasteiger partial charge in [0.2, 0.25) is 0 Å². The summed E-state index contributed by atoms with van der Waals surface area (Å²) in [5, 5.41) is 7.82. The van der Waals surface area contributed by atoms with Crippen LogP contribution in [0.15, 0.2) is 48.7 Å². The van der Waals surface area contributed by atoms with Crippen LogP contribution in [-0.2, 0) is 6.54 Å². The molecule has 0 aliphatic carbocycles. The van der Waals surface area contributed by atoms with E-state index in [1.807, 2.05) is 19.1 Å². The summed E-state index contributed by atoms with van der Waals surface area (Å²) in [4.78, 5) is 17.0. The van der Waals surface area contributed by atoms with E-state index in [2.05, 4.69) is 34.3 Å². The lowest BCUT2D eigenvalue weighted by atomic mass is 10.1. The number of carbonyl (C=O) groups excluding carboxylic acids is 1. The first-order valence-corrected chi connectivity index (χ1v) is 9.88. The Balaban J connectivity index is 1.45. The van der Waals surface area contributed by atoms with Crippen LogP contribution in [0.1, 0.15) is 28.5 Å². The van der Waals surface area contributed by atoms with Crippen LogP contribution >= 0.6 is 0 Å². The highest BCUT2D eigenvalue weighted by atomic mass is 19.1. The Kier molecular flexibility index (Phi) is 5.48. The van der Waals surface area contributed by atoms with E-state index in [1.165, 1.54) is 40.3 Å². The number of anilines is 1. The van der Waals surface area contributed by atoms with Crippen LogP contribution in [0, 0.1) is 18.6 Å². The third-order valence-electron chi connectivity index (χ3n) is 5.48. The van der Waals surface area contributed by atoms with Crippen LogP contribution in [0.5, 0.6) is 0 Å². The van der Waals surface area contributed by atoms with E-state index < -0.39 is 11.6 Å². The lowest BCUT2D eigenvalue weighted by Gasteiger charge is -2.41. The maximum absolute atomic E-state index is 13.9. The molecule has 1 aliphatic heterocycles. The molecule has 1 fully saturated rings. The highest BCUT2D eigenvalue weighted by Crippen LogP contribution is 2.23. The third-order valence-corrected chi connectivity index (χ3v) is 5.48. The zero-order valence-corrected chi connectivity index (χ0v) is 16.9. The molecular formula is C22H23F2N5O. The van der Waals surface area contributed by atoms with Gasteiger partial charge in [-0.3, -0.25) is 4.79 Å². The smallest absolute Gasteiger partial charge is 0.276 e. The van der Waals surface area contributed by atoms with E-state index in [0.717, 1.165) is 6.54 Å². The van der Waals surface area contributed by atoms with Crippen molar-refractivity contribution in [2.75, 3.05) is 24.5 Å². The average Bonchev–Trinajstić information content (AvgIpc) is 3.19. The van der Waals surface area contributed by atoms with Crippen molar-refractivity contribution in [2.24, 2.45) is 0 Å². The van der Waals surface area contributed by atoms with Gasteiger partial charge in [0.05, 0.1) is 12.7 Å². The minimum Gasteiger partial charge on any atom is -0.367 e. The van der Waals surface area contributed by atoms with Crippen LogP contribution < -0.4 is 4.90 Å². The Labute approximate surface area is 173 Å². The lowest BCUT2D eigenvalue weighted by molar-refractivity contribution is 0.0668. The Hall–Kier alpha value is -3.29. The molecule has 1 atom stereocenters. The minimum atomic E-state index is -0.653. The van der Waals surface area contributed by atoms with Crippen LogP contribution in [0.3, 0.4) is 0 Å². The fourth-order valence-corrected chi connectivity index (χ4v) is 3.86. The number of aromatic nitrogens is 3. The fraction of sp³-hybridized carbons (Fsp3) is 0.318. The largest absolute Gasteiger partial charge is 0.367 e. The van der Waals surface area contributed by atoms with Gasteiger partial charge < -0.3 is 9.80 Å². The van der Waals surface area contributed by atoms with Gasteiger partial charge in [0, 0.05) is 36.9 Å². The number of piperazine rings is 1. The van der Waals surface area contributed by atoms with Crippen LogP contribution in [-0.4, -0.2) is 51.5 Å². The highest BCUT2D eigenvalue weighted by Gasteiger charge is 2.30. The van der Waals surface area contributed by atoms with Crippen molar-refractivity contribution in [3.8, 4) is 0 Å². The van der Waals surface area contributed by atoms with Crippen LogP contribution in [0.4, 0.5) is 14.5 Å². The van der Waals surface area contributed by atoms with E-state index in [4.69, 9.17) is 0 Å². The van der Waals surface area contributed by atoms with E-state index in [0.29, 0.717) is 13.1 Å². The predicted octanol–water partition coefficient (Wildman–Crippen LogP) is 3.26. The number of para-hydroxylation sites is 1. The number of rotatable bonds is 4. The van der Waals surface area contributed by atoms with E-state index >= 15 is 0 Å². The van der Waals surface area contributed by atoms with Crippen molar-refractivity contribution in [3.63, 3.8) is 0 Å². The van der Waals surface area contributed by atoms with Gasteiger partial charge in [0.25, 0.3) is 5.91 Å². The van der Waals surface area contributed by atoms with E-state index in [1.54, 1.807) is 4.90 Å². The normalized spacial score (nSPS) is 16.7. The van der Waals surface area contributed by atoms with Gasteiger partial charge in [-0.05, 0) is 37.6 Å². The van der Waals surface area contributed by atoms with Crippen molar-refractivity contribution in [1.29, 1.82) is 0 Å². The summed E-state index contributed by atoms with van der Waals surface area (Å²) in [7, 11) is 0. The highest BCUT2D eigenvalue weighted by molar-refractivity contribution is 5.92. The second-order valence-electron chi connectivity index (χ2n) is 7.58. The van der Waals surface area contributed by atoms with Crippen molar-refractivity contribution in [2.45, 2.75) is 26.4 Å². The maximum Gasteiger partial charge on any atom is 0.276 e. The number of hydrogen-bond acceptors (Lipinski definition) is 4. The molecule has 1 amide bonds. The van der Waals surface area contributed by atoms with Crippen molar-refractivity contribution < 1.29 is 13.6 Å². The second-order valence-corrected chi connectivity index (χ2v) is 7.58. The molecule has 6 nitrogen and oxygen atoms in total. The summed E-state index contributed by atoms with van der Waals surface area (Å²) in [5.74, 6) is -1.54. The molecule has 1 saturated heterocycles. The molecule has 1 aromatic heterocycles. The summed E-state index contributed by atoms with van der Waals surface area (Å²) in [6, 6.07) is 11.9. The first kappa shape index (κ1) is 20.0. The van der Waals surface area contributed by atoms with Crippen LogP contribution in [0.25, 0.3) is 0 Å². The van der Waals surface area contributed by atoms with Crippen molar-refractivity contribution in [3.05, 3.63) is 77.1 Å². The minimum absolute atomic E-state index is 0.0139. The average molecular weight is 411 g/mol. The first-order valence-electron chi connectivity index (χ1n) is 9.88. The summed E-state index contributed by atoms with van der Waals surface area (Å²) in [5.41, 5.74) is 2.44. The Morgan fingerprint density at radius 1 is 1.10 bits per heavy atom. The number of carbonyl (C=O) groups is 1. The Bertz CT molecular complexity index is 1050. The number of hydrogen-bond donors (Lipinski definition) is 0. The topological polar surface area (TPSA) is 54.3 Å². The van der Waals surface area contributed by atoms with Gasteiger partial charge in [-0.1, -0.05) is 29.5 Å². The Morgan fingerprint density at radius 3 is 2.53 bits per heavy atom. The maximum atomic E-state index is 13.9.